The van der Waals surface area contributed by atoms with Crippen LogP contribution in [0.4, 0.5) is 0 Å². The highest BCUT2D eigenvalue weighted by atomic mass is 32.2. The predicted octanol–water partition coefficient (Wildman–Crippen LogP) is 1.12. The van der Waals surface area contributed by atoms with Gasteiger partial charge in [-0.1, -0.05) is 12.1 Å². The zero-order chi connectivity index (χ0) is 18.7. The van der Waals surface area contributed by atoms with Gasteiger partial charge in [0.1, 0.15) is 11.0 Å². The first-order valence-corrected chi connectivity index (χ1v) is 8.97. The van der Waals surface area contributed by atoms with Gasteiger partial charge in [-0.15, -0.1) is 0 Å². The molecule has 1 atom stereocenters. The van der Waals surface area contributed by atoms with Crippen molar-refractivity contribution in [3.63, 3.8) is 0 Å². The standard InChI is InChI=1S/C17H13N5O3S/c1-26(25)21-16(23)13-6-7-15(19-9-13)22-17(24)14(10-20-22)12-4-2-11(8-18)3-5-12/h2-7,9-10,20H,1H3,(H,21,23). The average Bonchev–Trinajstić information content (AvgIpc) is 3.03. The fourth-order valence-corrected chi connectivity index (χ4v) is 2.69. The molecule has 0 saturated heterocycles. The fourth-order valence-electron chi connectivity index (χ4n) is 2.31. The number of hydrogen-bond donors (Lipinski definition) is 2. The van der Waals surface area contributed by atoms with Crippen LogP contribution in [-0.4, -0.2) is 31.1 Å². The topological polar surface area (TPSA) is 121 Å². The molecule has 0 aliphatic heterocycles. The van der Waals surface area contributed by atoms with E-state index < -0.39 is 16.9 Å². The zero-order valence-corrected chi connectivity index (χ0v) is 14.4. The Morgan fingerprint density at radius 1 is 1.27 bits per heavy atom. The number of pyridine rings is 1. The Morgan fingerprint density at radius 3 is 2.58 bits per heavy atom. The van der Waals surface area contributed by atoms with Crippen LogP contribution < -0.4 is 10.3 Å². The monoisotopic (exact) mass is 367 g/mol. The van der Waals surface area contributed by atoms with E-state index in [2.05, 4.69) is 14.8 Å². The molecule has 0 radical (unpaired) electrons. The third-order valence-corrected chi connectivity index (χ3v) is 4.04. The van der Waals surface area contributed by atoms with Gasteiger partial charge in [-0.05, 0) is 29.8 Å². The van der Waals surface area contributed by atoms with Crippen LogP contribution in [0.1, 0.15) is 15.9 Å². The number of H-pyrrole nitrogens is 1. The lowest BCUT2D eigenvalue weighted by Crippen LogP contribution is -2.25. The highest BCUT2D eigenvalue weighted by Gasteiger charge is 2.12. The van der Waals surface area contributed by atoms with E-state index in [1.165, 1.54) is 29.3 Å². The molecule has 8 nitrogen and oxygen atoms in total. The van der Waals surface area contributed by atoms with E-state index in [4.69, 9.17) is 5.26 Å². The molecule has 3 rings (SSSR count). The molecule has 0 spiro atoms. The molecular weight excluding hydrogens is 354 g/mol. The van der Waals surface area contributed by atoms with Crippen molar-refractivity contribution in [1.29, 1.82) is 5.26 Å². The van der Waals surface area contributed by atoms with Crippen molar-refractivity contribution in [3.05, 3.63) is 70.3 Å². The number of benzene rings is 1. The Bertz CT molecular complexity index is 1080. The minimum Gasteiger partial charge on any atom is -0.296 e. The van der Waals surface area contributed by atoms with Gasteiger partial charge in [0.05, 0.1) is 22.8 Å². The maximum atomic E-state index is 12.6. The number of nitrogens with one attached hydrogen (secondary N) is 2. The van der Waals surface area contributed by atoms with Crippen molar-refractivity contribution in [2.45, 2.75) is 0 Å². The van der Waals surface area contributed by atoms with Crippen LogP contribution in [0.15, 0.2) is 53.6 Å². The molecule has 2 heterocycles. The van der Waals surface area contributed by atoms with Crippen LogP contribution in [0.5, 0.6) is 0 Å². The normalized spacial score (nSPS) is 11.5. The second-order valence-electron chi connectivity index (χ2n) is 5.31. The van der Waals surface area contributed by atoms with E-state index in [0.29, 0.717) is 22.5 Å². The van der Waals surface area contributed by atoms with Gasteiger partial charge >= 0.3 is 0 Å². The number of aromatic nitrogens is 3. The van der Waals surface area contributed by atoms with E-state index in [9.17, 15) is 13.8 Å². The highest BCUT2D eigenvalue weighted by Crippen LogP contribution is 2.16. The first-order chi connectivity index (χ1) is 12.5. The number of aromatic amines is 1. The third-order valence-electron chi connectivity index (χ3n) is 3.57. The van der Waals surface area contributed by atoms with Crippen LogP contribution in [-0.2, 0) is 11.0 Å². The number of amides is 1. The third kappa shape index (κ3) is 3.45. The van der Waals surface area contributed by atoms with Gasteiger partial charge < -0.3 is 0 Å². The SMILES string of the molecule is CS(=O)NC(=O)c1ccc(-n2[nH]cc(-c3ccc(C#N)cc3)c2=O)nc1. The van der Waals surface area contributed by atoms with Crippen molar-refractivity contribution >= 4 is 16.9 Å². The van der Waals surface area contributed by atoms with Crippen molar-refractivity contribution in [2.24, 2.45) is 0 Å². The molecule has 0 aliphatic carbocycles. The molecule has 0 aliphatic rings. The Hall–Kier alpha value is -3.51. The number of carbonyl (C=O) groups is 1. The molecule has 9 heteroatoms. The predicted molar refractivity (Wildman–Crippen MR) is 95.9 cm³/mol. The quantitative estimate of drug-likeness (QED) is 0.716. The summed E-state index contributed by atoms with van der Waals surface area (Å²) in [6, 6.07) is 11.7. The first kappa shape index (κ1) is 17.3. The molecule has 2 aromatic heterocycles. The molecule has 0 saturated carbocycles. The van der Waals surface area contributed by atoms with E-state index in [1.807, 2.05) is 6.07 Å². The fraction of sp³-hybridized carbons (Fsp3) is 0.0588. The number of nitriles is 1. The van der Waals surface area contributed by atoms with Gasteiger partial charge in [0.25, 0.3) is 11.5 Å². The maximum absolute atomic E-state index is 12.6. The van der Waals surface area contributed by atoms with Gasteiger partial charge in [0, 0.05) is 18.6 Å². The van der Waals surface area contributed by atoms with Gasteiger partial charge in [-0.25, -0.2) is 13.9 Å². The summed E-state index contributed by atoms with van der Waals surface area (Å²) in [6.07, 6.45) is 4.20. The summed E-state index contributed by atoms with van der Waals surface area (Å²) in [7, 11) is -1.47. The summed E-state index contributed by atoms with van der Waals surface area (Å²) >= 11 is 0. The lowest BCUT2D eigenvalue weighted by atomic mass is 10.1. The Balaban J connectivity index is 1.90. The number of rotatable bonds is 4. The van der Waals surface area contributed by atoms with E-state index >= 15 is 0 Å². The van der Waals surface area contributed by atoms with Crippen LogP contribution in [0.2, 0.25) is 0 Å². The molecule has 1 amide bonds. The van der Waals surface area contributed by atoms with Crippen LogP contribution >= 0.6 is 0 Å². The smallest absolute Gasteiger partial charge is 0.280 e. The average molecular weight is 367 g/mol. The summed E-state index contributed by atoms with van der Waals surface area (Å²) in [5, 5.41) is 11.7. The molecule has 0 fully saturated rings. The second-order valence-corrected chi connectivity index (χ2v) is 6.42. The number of carbonyl (C=O) groups excluding carboxylic acids is 1. The molecule has 2 N–H and O–H groups in total. The summed E-state index contributed by atoms with van der Waals surface area (Å²) in [5.41, 5.74) is 1.53. The minimum atomic E-state index is -1.47. The van der Waals surface area contributed by atoms with Gasteiger partial charge in [-0.3, -0.25) is 19.4 Å². The lowest BCUT2D eigenvalue weighted by molar-refractivity contribution is 0.0983. The zero-order valence-electron chi connectivity index (χ0n) is 13.6. The van der Waals surface area contributed by atoms with Crippen LogP contribution in [0.3, 0.4) is 0 Å². The van der Waals surface area contributed by atoms with Crippen LogP contribution in [0.25, 0.3) is 16.9 Å². The molecule has 130 valence electrons. The Kier molecular flexibility index (Phi) is 4.77. The first-order valence-electron chi connectivity index (χ1n) is 7.41. The Morgan fingerprint density at radius 2 is 2.00 bits per heavy atom. The summed E-state index contributed by atoms with van der Waals surface area (Å²) in [5.74, 6) is -0.203. The Labute approximate surface area is 150 Å². The molecule has 26 heavy (non-hydrogen) atoms. The largest absolute Gasteiger partial charge is 0.296 e. The van der Waals surface area contributed by atoms with Gasteiger partial charge in [-0.2, -0.15) is 5.26 Å². The van der Waals surface area contributed by atoms with Crippen molar-refractivity contribution in [1.82, 2.24) is 19.5 Å². The number of hydrogen-bond acceptors (Lipinski definition) is 5. The van der Waals surface area contributed by atoms with E-state index in [-0.39, 0.29) is 11.1 Å². The number of nitrogens with zero attached hydrogens (tertiary/aromatic N) is 3. The summed E-state index contributed by atoms with van der Waals surface area (Å²) in [4.78, 5) is 28.5. The highest BCUT2D eigenvalue weighted by molar-refractivity contribution is 7.82. The van der Waals surface area contributed by atoms with Gasteiger partial charge in [0.2, 0.25) is 0 Å². The minimum absolute atomic E-state index is 0.232. The van der Waals surface area contributed by atoms with Crippen molar-refractivity contribution in [3.8, 4) is 23.0 Å². The second kappa shape index (κ2) is 7.16. The van der Waals surface area contributed by atoms with Gasteiger partial charge in [0.15, 0.2) is 5.82 Å². The van der Waals surface area contributed by atoms with Crippen molar-refractivity contribution in [2.75, 3.05) is 6.26 Å². The van der Waals surface area contributed by atoms with E-state index in [0.717, 1.165) is 0 Å². The molecular formula is C17H13N5O3S. The van der Waals surface area contributed by atoms with Crippen molar-refractivity contribution < 1.29 is 9.00 Å². The molecule has 1 aromatic carbocycles. The van der Waals surface area contributed by atoms with E-state index in [1.54, 1.807) is 30.5 Å². The molecule has 0 bridgehead atoms. The summed E-state index contributed by atoms with van der Waals surface area (Å²) < 4.78 is 14.5. The molecule has 1 unspecified atom stereocenters. The molecule has 3 aromatic rings. The summed E-state index contributed by atoms with van der Waals surface area (Å²) in [6.45, 7) is 0. The lowest BCUT2D eigenvalue weighted by Gasteiger charge is -2.03. The maximum Gasteiger partial charge on any atom is 0.280 e. The van der Waals surface area contributed by atoms with Crippen LogP contribution in [0, 0.1) is 11.3 Å².